The topological polar surface area (TPSA) is 24.9 Å². The first-order chi connectivity index (χ1) is 7.88. The SMILES string of the molecule is CNC(Cc1ccncc1)Cc1cccs1. The van der Waals surface area contributed by atoms with Gasteiger partial charge >= 0.3 is 0 Å². The minimum atomic E-state index is 0.501. The van der Waals surface area contributed by atoms with Crippen LogP contribution in [0, 0.1) is 0 Å². The largest absolute Gasteiger partial charge is 0.316 e. The highest BCUT2D eigenvalue weighted by molar-refractivity contribution is 7.09. The highest BCUT2D eigenvalue weighted by Crippen LogP contribution is 2.13. The third-order valence-electron chi connectivity index (χ3n) is 2.67. The van der Waals surface area contributed by atoms with Crippen molar-refractivity contribution in [2.75, 3.05) is 7.05 Å². The monoisotopic (exact) mass is 232 g/mol. The predicted molar refractivity (Wildman–Crippen MR) is 68.8 cm³/mol. The Bertz CT molecular complexity index is 397. The smallest absolute Gasteiger partial charge is 0.0270 e. The fourth-order valence-corrected chi connectivity index (χ4v) is 2.54. The summed E-state index contributed by atoms with van der Waals surface area (Å²) in [6.45, 7) is 0. The molecule has 0 radical (unpaired) electrons. The summed E-state index contributed by atoms with van der Waals surface area (Å²) in [7, 11) is 2.03. The number of likely N-dealkylation sites (N-methyl/N-ethyl adjacent to an activating group) is 1. The van der Waals surface area contributed by atoms with E-state index in [1.54, 1.807) is 0 Å². The molecule has 2 rings (SSSR count). The lowest BCUT2D eigenvalue weighted by Gasteiger charge is -2.15. The van der Waals surface area contributed by atoms with Crippen molar-refractivity contribution < 1.29 is 0 Å². The zero-order valence-electron chi connectivity index (χ0n) is 9.39. The molecule has 1 unspecified atom stereocenters. The van der Waals surface area contributed by atoms with Crippen LogP contribution in [0.1, 0.15) is 10.4 Å². The van der Waals surface area contributed by atoms with Crippen LogP contribution < -0.4 is 5.32 Å². The van der Waals surface area contributed by atoms with E-state index in [1.807, 2.05) is 30.8 Å². The van der Waals surface area contributed by atoms with Gasteiger partial charge in [0, 0.05) is 23.3 Å². The second-order valence-corrected chi connectivity index (χ2v) is 4.86. The van der Waals surface area contributed by atoms with Crippen LogP contribution in [0.5, 0.6) is 0 Å². The first-order valence-electron chi connectivity index (χ1n) is 5.47. The van der Waals surface area contributed by atoms with Gasteiger partial charge in [0.25, 0.3) is 0 Å². The Labute approximate surface area is 100 Å². The first-order valence-corrected chi connectivity index (χ1v) is 6.35. The Balaban J connectivity index is 1.96. The van der Waals surface area contributed by atoms with Crippen LogP contribution in [-0.4, -0.2) is 18.1 Å². The van der Waals surface area contributed by atoms with E-state index < -0.39 is 0 Å². The number of nitrogens with one attached hydrogen (secondary N) is 1. The van der Waals surface area contributed by atoms with Gasteiger partial charge in [0.15, 0.2) is 0 Å². The summed E-state index contributed by atoms with van der Waals surface area (Å²) in [6, 6.07) is 8.97. The van der Waals surface area contributed by atoms with E-state index >= 15 is 0 Å². The van der Waals surface area contributed by atoms with Gasteiger partial charge in [-0.05, 0) is 49.0 Å². The van der Waals surface area contributed by atoms with Crippen LogP contribution in [0.2, 0.25) is 0 Å². The lowest BCUT2D eigenvalue weighted by atomic mass is 10.0. The summed E-state index contributed by atoms with van der Waals surface area (Å²) < 4.78 is 0. The molecule has 1 N–H and O–H groups in total. The Hall–Kier alpha value is -1.19. The molecular formula is C13H16N2S. The minimum Gasteiger partial charge on any atom is -0.316 e. The lowest BCUT2D eigenvalue weighted by Crippen LogP contribution is -2.29. The van der Waals surface area contributed by atoms with Gasteiger partial charge in [-0.2, -0.15) is 0 Å². The number of nitrogens with zero attached hydrogens (tertiary/aromatic N) is 1. The van der Waals surface area contributed by atoms with E-state index in [2.05, 4.69) is 39.9 Å². The molecule has 0 amide bonds. The number of aromatic nitrogens is 1. The second-order valence-electron chi connectivity index (χ2n) is 3.83. The third-order valence-corrected chi connectivity index (χ3v) is 3.57. The highest BCUT2D eigenvalue weighted by atomic mass is 32.1. The summed E-state index contributed by atoms with van der Waals surface area (Å²) in [5.41, 5.74) is 1.34. The van der Waals surface area contributed by atoms with E-state index in [0.29, 0.717) is 6.04 Å². The summed E-state index contributed by atoms with van der Waals surface area (Å²) in [6.07, 6.45) is 5.85. The quantitative estimate of drug-likeness (QED) is 0.857. The zero-order chi connectivity index (χ0) is 11.2. The molecule has 2 aromatic heterocycles. The Morgan fingerprint density at radius 1 is 1.25 bits per heavy atom. The molecule has 0 saturated carbocycles. The maximum Gasteiger partial charge on any atom is 0.0270 e. The van der Waals surface area contributed by atoms with Gasteiger partial charge in [-0.15, -0.1) is 11.3 Å². The van der Waals surface area contributed by atoms with Gasteiger partial charge in [-0.1, -0.05) is 6.07 Å². The number of pyridine rings is 1. The molecule has 2 heterocycles. The van der Waals surface area contributed by atoms with Crippen molar-refractivity contribution in [3.63, 3.8) is 0 Å². The second kappa shape index (κ2) is 5.77. The highest BCUT2D eigenvalue weighted by Gasteiger charge is 2.08. The molecule has 16 heavy (non-hydrogen) atoms. The molecule has 2 nitrogen and oxygen atoms in total. The molecule has 0 aliphatic rings. The maximum atomic E-state index is 4.04. The van der Waals surface area contributed by atoms with E-state index in [0.717, 1.165) is 12.8 Å². The summed E-state index contributed by atoms with van der Waals surface area (Å²) in [5, 5.41) is 5.51. The van der Waals surface area contributed by atoms with Gasteiger partial charge in [0.1, 0.15) is 0 Å². The van der Waals surface area contributed by atoms with Crippen molar-refractivity contribution in [3.05, 3.63) is 52.5 Å². The standard InChI is InChI=1S/C13H16N2S/c1-14-12(10-13-3-2-8-16-13)9-11-4-6-15-7-5-11/h2-8,12,14H,9-10H2,1H3. The maximum absolute atomic E-state index is 4.04. The fourth-order valence-electron chi connectivity index (χ4n) is 1.75. The van der Waals surface area contributed by atoms with Crippen LogP contribution in [-0.2, 0) is 12.8 Å². The van der Waals surface area contributed by atoms with Crippen LogP contribution in [0.4, 0.5) is 0 Å². The first kappa shape index (κ1) is 11.3. The molecule has 0 aliphatic heterocycles. The number of thiophene rings is 1. The molecule has 0 aromatic carbocycles. The van der Waals surface area contributed by atoms with Gasteiger partial charge in [0.05, 0.1) is 0 Å². The zero-order valence-corrected chi connectivity index (χ0v) is 10.2. The van der Waals surface area contributed by atoms with E-state index in [1.165, 1.54) is 10.4 Å². The van der Waals surface area contributed by atoms with Crippen molar-refractivity contribution in [1.29, 1.82) is 0 Å². The van der Waals surface area contributed by atoms with E-state index in [9.17, 15) is 0 Å². The minimum absolute atomic E-state index is 0.501. The van der Waals surface area contributed by atoms with Crippen molar-refractivity contribution in [3.8, 4) is 0 Å². The van der Waals surface area contributed by atoms with E-state index in [-0.39, 0.29) is 0 Å². The van der Waals surface area contributed by atoms with Gasteiger partial charge < -0.3 is 5.32 Å². The predicted octanol–water partition coefficient (Wildman–Crippen LogP) is 2.52. The Morgan fingerprint density at radius 3 is 2.69 bits per heavy atom. The van der Waals surface area contributed by atoms with Crippen LogP contribution in [0.25, 0.3) is 0 Å². The molecular weight excluding hydrogens is 216 g/mol. The van der Waals surface area contributed by atoms with Gasteiger partial charge in [-0.25, -0.2) is 0 Å². The average molecular weight is 232 g/mol. The van der Waals surface area contributed by atoms with Crippen molar-refractivity contribution in [2.45, 2.75) is 18.9 Å². The van der Waals surface area contributed by atoms with Crippen molar-refractivity contribution in [1.82, 2.24) is 10.3 Å². The van der Waals surface area contributed by atoms with Crippen molar-refractivity contribution in [2.24, 2.45) is 0 Å². The normalized spacial score (nSPS) is 12.6. The molecule has 0 saturated heterocycles. The molecule has 1 atom stereocenters. The molecule has 0 bridgehead atoms. The van der Waals surface area contributed by atoms with Crippen LogP contribution in [0.15, 0.2) is 42.0 Å². The third kappa shape index (κ3) is 3.15. The number of hydrogen-bond donors (Lipinski definition) is 1. The summed E-state index contributed by atoms with van der Waals surface area (Å²) >= 11 is 1.82. The van der Waals surface area contributed by atoms with Crippen LogP contribution in [0.3, 0.4) is 0 Å². The molecule has 0 spiro atoms. The lowest BCUT2D eigenvalue weighted by molar-refractivity contribution is 0.560. The fraction of sp³-hybridized carbons (Fsp3) is 0.308. The average Bonchev–Trinajstić information content (AvgIpc) is 2.82. The van der Waals surface area contributed by atoms with E-state index in [4.69, 9.17) is 0 Å². The van der Waals surface area contributed by atoms with Crippen LogP contribution >= 0.6 is 11.3 Å². The molecule has 84 valence electrons. The molecule has 0 fully saturated rings. The van der Waals surface area contributed by atoms with Gasteiger partial charge in [0.2, 0.25) is 0 Å². The molecule has 0 aliphatic carbocycles. The van der Waals surface area contributed by atoms with Crippen molar-refractivity contribution >= 4 is 11.3 Å². The summed E-state index contributed by atoms with van der Waals surface area (Å²) in [5.74, 6) is 0. The number of rotatable bonds is 5. The Kier molecular flexibility index (Phi) is 4.08. The summed E-state index contributed by atoms with van der Waals surface area (Å²) in [4.78, 5) is 5.47. The van der Waals surface area contributed by atoms with Gasteiger partial charge in [-0.3, -0.25) is 4.98 Å². The molecule has 2 aromatic rings. The number of hydrogen-bond acceptors (Lipinski definition) is 3. The Morgan fingerprint density at radius 2 is 2.06 bits per heavy atom. The molecule has 3 heteroatoms.